The zero-order chi connectivity index (χ0) is 11.3. The van der Waals surface area contributed by atoms with E-state index in [9.17, 15) is 4.79 Å². The summed E-state index contributed by atoms with van der Waals surface area (Å²) in [4.78, 5) is 17.6. The molecule has 1 aromatic heterocycles. The summed E-state index contributed by atoms with van der Waals surface area (Å²) in [7, 11) is 0. The predicted octanol–water partition coefficient (Wildman–Crippen LogP) is 0.849. The van der Waals surface area contributed by atoms with Crippen molar-refractivity contribution in [3.63, 3.8) is 0 Å². The van der Waals surface area contributed by atoms with Crippen LogP contribution < -0.4 is 11.3 Å². The summed E-state index contributed by atoms with van der Waals surface area (Å²) in [5.74, 6) is 5.72. The monoisotopic (exact) mass is 208 g/mol. The number of nitrogens with zero attached hydrogens (tertiary/aromatic N) is 2. The fraction of sp³-hybridized carbons (Fsp3) is 0.400. The van der Waals surface area contributed by atoms with Crippen molar-refractivity contribution in [2.75, 3.05) is 18.5 Å². The van der Waals surface area contributed by atoms with Crippen LogP contribution in [0.15, 0.2) is 18.3 Å². The van der Waals surface area contributed by atoms with Crippen LogP contribution in [0.5, 0.6) is 0 Å². The van der Waals surface area contributed by atoms with Gasteiger partial charge in [-0.2, -0.15) is 0 Å². The van der Waals surface area contributed by atoms with E-state index in [2.05, 4.69) is 10.4 Å². The van der Waals surface area contributed by atoms with Gasteiger partial charge in [-0.25, -0.2) is 10.8 Å². The molecule has 1 amide bonds. The highest BCUT2D eigenvalue weighted by molar-refractivity contribution is 5.94. The molecule has 0 unspecified atom stereocenters. The molecule has 0 fully saturated rings. The largest absolute Gasteiger partial charge is 0.339 e. The van der Waals surface area contributed by atoms with Crippen molar-refractivity contribution < 1.29 is 4.79 Å². The van der Waals surface area contributed by atoms with Gasteiger partial charge in [-0.05, 0) is 26.0 Å². The Hall–Kier alpha value is -1.62. The number of carbonyl (C=O) groups is 1. The number of aromatic nitrogens is 1. The van der Waals surface area contributed by atoms with Crippen molar-refractivity contribution in [2.45, 2.75) is 13.8 Å². The summed E-state index contributed by atoms with van der Waals surface area (Å²) in [6.45, 7) is 5.30. The number of nitrogen functional groups attached to an aromatic ring is 1. The smallest absolute Gasteiger partial charge is 0.255 e. The third-order valence-corrected chi connectivity index (χ3v) is 2.21. The maximum Gasteiger partial charge on any atom is 0.255 e. The van der Waals surface area contributed by atoms with Crippen molar-refractivity contribution in [3.05, 3.63) is 23.9 Å². The van der Waals surface area contributed by atoms with Crippen molar-refractivity contribution in [1.29, 1.82) is 0 Å². The Morgan fingerprint density at radius 2 is 2.13 bits per heavy atom. The highest BCUT2D eigenvalue weighted by atomic mass is 16.2. The van der Waals surface area contributed by atoms with Gasteiger partial charge in [0.05, 0.1) is 5.56 Å². The molecule has 82 valence electrons. The lowest BCUT2D eigenvalue weighted by molar-refractivity contribution is 0.0772. The Morgan fingerprint density at radius 3 is 2.53 bits per heavy atom. The average Bonchev–Trinajstić information content (AvgIpc) is 2.30. The molecule has 0 atom stereocenters. The minimum Gasteiger partial charge on any atom is -0.339 e. The molecule has 1 aromatic rings. The predicted molar refractivity (Wildman–Crippen MR) is 59.3 cm³/mol. The highest BCUT2D eigenvalue weighted by Crippen LogP contribution is 2.06. The number of nitrogens with two attached hydrogens (primary N) is 1. The van der Waals surface area contributed by atoms with E-state index in [1.165, 1.54) is 6.20 Å². The molecule has 1 rings (SSSR count). The zero-order valence-electron chi connectivity index (χ0n) is 9.03. The molecule has 0 aliphatic rings. The van der Waals surface area contributed by atoms with Crippen LogP contribution >= 0.6 is 0 Å². The normalized spacial score (nSPS) is 9.80. The minimum absolute atomic E-state index is 0.00364. The van der Waals surface area contributed by atoms with Crippen LogP contribution in [0.3, 0.4) is 0 Å². The van der Waals surface area contributed by atoms with E-state index < -0.39 is 0 Å². The summed E-state index contributed by atoms with van der Waals surface area (Å²) in [6.07, 6.45) is 1.52. The first-order valence-electron chi connectivity index (χ1n) is 4.94. The lowest BCUT2D eigenvalue weighted by atomic mass is 10.2. The second-order valence-electron chi connectivity index (χ2n) is 3.05. The fourth-order valence-corrected chi connectivity index (χ4v) is 1.30. The first-order valence-corrected chi connectivity index (χ1v) is 4.94. The van der Waals surface area contributed by atoms with E-state index in [-0.39, 0.29) is 5.91 Å². The van der Waals surface area contributed by atoms with Gasteiger partial charge in [0.15, 0.2) is 0 Å². The molecular weight excluding hydrogens is 192 g/mol. The Labute approximate surface area is 89.3 Å². The van der Waals surface area contributed by atoms with Gasteiger partial charge >= 0.3 is 0 Å². The lowest BCUT2D eigenvalue weighted by Gasteiger charge is -2.18. The van der Waals surface area contributed by atoms with E-state index in [1.807, 2.05) is 13.8 Å². The third-order valence-electron chi connectivity index (χ3n) is 2.21. The molecule has 0 saturated carbocycles. The van der Waals surface area contributed by atoms with Crippen LogP contribution in [-0.2, 0) is 0 Å². The second-order valence-corrected chi connectivity index (χ2v) is 3.05. The Balaban J connectivity index is 2.82. The summed E-state index contributed by atoms with van der Waals surface area (Å²) in [5, 5.41) is 0. The molecule has 0 aliphatic carbocycles. The molecule has 5 nitrogen and oxygen atoms in total. The number of carbonyl (C=O) groups excluding carboxylic acids is 1. The Morgan fingerprint density at radius 1 is 1.47 bits per heavy atom. The lowest BCUT2D eigenvalue weighted by Crippen LogP contribution is -2.30. The molecule has 0 spiro atoms. The number of amides is 1. The van der Waals surface area contributed by atoms with Crippen molar-refractivity contribution in [1.82, 2.24) is 9.88 Å². The standard InChI is InChI=1S/C10H16N4O/c1-3-14(4-2)10(15)8-5-6-9(13-11)12-7-8/h5-7H,3-4,11H2,1-2H3,(H,12,13). The van der Waals surface area contributed by atoms with Crippen LogP contribution in [0.1, 0.15) is 24.2 Å². The number of hydrogen-bond acceptors (Lipinski definition) is 4. The molecule has 0 radical (unpaired) electrons. The molecule has 0 aromatic carbocycles. The Bertz CT molecular complexity index is 319. The summed E-state index contributed by atoms with van der Waals surface area (Å²) in [5.41, 5.74) is 3.00. The number of nitrogens with one attached hydrogen (secondary N) is 1. The van der Waals surface area contributed by atoms with Gasteiger partial charge in [0.1, 0.15) is 5.82 Å². The van der Waals surface area contributed by atoms with Gasteiger partial charge in [0, 0.05) is 19.3 Å². The summed E-state index contributed by atoms with van der Waals surface area (Å²) < 4.78 is 0. The van der Waals surface area contributed by atoms with Crippen molar-refractivity contribution in [3.8, 4) is 0 Å². The van der Waals surface area contributed by atoms with Crippen molar-refractivity contribution >= 4 is 11.7 Å². The number of hydrazine groups is 1. The number of pyridine rings is 1. The first-order chi connectivity index (χ1) is 7.22. The molecule has 1 heterocycles. The first kappa shape index (κ1) is 11.5. The van der Waals surface area contributed by atoms with Gasteiger partial charge in [-0.3, -0.25) is 4.79 Å². The maximum atomic E-state index is 11.8. The third kappa shape index (κ3) is 2.66. The number of anilines is 1. The van der Waals surface area contributed by atoms with Crippen LogP contribution in [0.25, 0.3) is 0 Å². The fourth-order valence-electron chi connectivity index (χ4n) is 1.30. The summed E-state index contributed by atoms with van der Waals surface area (Å²) >= 11 is 0. The molecule has 5 heteroatoms. The van der Waals surface area contributed by atoms with E-state index >= 15 is 0 Å². The van der Waals surface area contributed by atoms with Gasteiger partial charge in [-0.1, -0.05) is 0 Å². The Kier molecular flexibility index (Phi) is 4.05. The zero-order valence-corrected chi connectivity index (χ0v) is 9.03. The number of hydrogen-bond donors (Lipinski definition) is 2. The number of rotatable bonds is 4. The van der Waals surface area contributed by atoms with Gasteiger partial charge in [-0.15, -0.1) is 0 Å². The molecule has 15 heavy (non-hydrogen) atoms. The van der Waals surface area contributed by atoms with E-state index in [1.54, 1.807) is 17.0 Å². The van der Waals surface area contributed by atoms with Crippen LogP contribution in [0.2, 0.25) is 0 Å². The van der Waals surface area contributed by atoms with Crippen LogP contribution in [0.4, 0.5) is 5.82 Å². The van der Waals surface area contributed by atoms with Crippen LogP contribution in [-0.4, -0.2) is 28.9 Å². The second kappa shape index (κ2) is 5.31. The molecule has 0 aliphatic heterocycles. The van der Waals surface area contributed by atoms with E-state index in [0.717, 1.165) is 0 Å². The molecule has 3 N–H and O–H groups in total. The van der Waals surface area contributed by atoms with Crippen LogP contribution in [0, 0.1) is 0 Å². The van der Waals surface area contributed by atoms with Gasteiger partial charge in [0.25, 0.3) is 5.91 Å². The average molecular weight is 208 g/mol. The maximum absolute atomic E-state index is 11.8. The van der Waals surface area contributed by atoms with Gasteiger partial charge < -0.3 is 10.3 Å². The van der Waals surface area contributed by atoms with E-state index in [0.29, 0.717) is 24.5 Å². The highest BCUT2D eigenvalue weighted by Gasteiger charge is 2.12. The molecule has 0 bridgehead atoms. The quantitative estimate of drug-likeness (QED) is 0.568. The minimum atomic E-state index is -0.00364. The topological polar surface area (TPSA) is 71.2 Å². The molecule has 0 saturated heterocycles. The SMILES string of the molecule is CCN(CC)C(=O)c1ccc(NN)nc1. The van der Waals surface area contributed by atoms with E-state index in [4.69, 9.17) is 5.84 Å². The molecular formula is C10H16N4O. The van der Waals surface area contributed by atoms with Gasteiger partial charge in [0.2, 0.25) is 0 Å². The summed E-state index contributed by atoms with van der Waals surface area (Å²) in [6, 6.07) is 3.39. The van der Waals surface area contributed by atoms with Crippen molar-refractivity contribution in [2.24, 2.45) is 5.84 Å².